The zero-order valence-corrected chi connectivity index (χ0v) is 11.8. The molecule has 1 heterocycles. The molecule has 2 rings (SSSR count). The summed E-state index contributed by atoms with van der Waals surface area (Å²) in [7, 11) is 0. The highest BCUT2D eigenvalue weighted by atomic mass is 19.1. The number of amides is 1. The van der Waals surface area contributed by atoms with E-state index < -0.39 is 23.9 Å². The van der Waals surface area contributed by atoms with Gasteiger partial charge in [-0.25, -0.2) is 9.18 Å². The van der Waals surface area contributed by atoms with E-state index in [-0.39, 0.29) is 11.7 Å². The predicted molar refractivity (Wildman–Crippen MR) is 73.5 cm³/mol. The molecule has 1 amide bonds. The van der Waals surface area contributed by atoms with Crippen molar-refractivity contribution >= 4 is 11.9 Å². The molecule has 2 atom stereocenters. The molecule has 1 aliphatic rings. The van der Waals surface area contributed by atoms with E-state index in [0.29, 0.717) is 13.0 Å². The summed E-state index contributed by atoms with van der Waals surface area (Å²) in [6, 6.07) is 4.71. The van der Waals surface area contributed by atoms with Crippen molar-refractivity contribution in [1.82, 2.24) is 4.90 Å². The van der Waals surface area contributed by atoms with Gasteiger partial charge in [-0.05, 0) is 38.3 Å². The average molecular weight is 295 g/mol. The van der Waals surface area contributed by atoms with Crippen LogP contribution in [0.4, 0.5) is 4.39 Å². The number of carbonyl (C=O) groups excluding carboxylic acids is 1. The first kappa shape index (κ1) is 15.3. The van der Waals surface area contributed by atoms with E-state index in [4.69, 9.17) is 4.74 Å². The van der Waals surface area contributed by atoms with Gasteiger partial charge >= 0.3 is 5.97 Å². The minimum Gasteiger partial charge on any atom is -0.481 e. The van der Waals surface area contributed by atoms with Crippen LogP contribution in [0.3, 0.4) is 0 Å². The topological polar surface area (TPSA) is 66.8 Å². The van der Waals surface area contributed by atoms with Gasteiger partial charge in [0.05, 0.1) is 0 Å². The molecular formula is C15H18FNO4. The largest absolute Gasteiger partial charge is 0.481 e. The molecule has 0 radical (unpaired) electrons. The number of carbonyl (C=O) groups is 2. The molecule has 114 valence electrons. The SMILES string of the molecule is C[C@@H](Oc1cccc(F)c1)C(=O)N1CCCC[C@@H]1C(=O)O. The van der Waals surface area contributed by atoms with E-state index in [1.54, 1.807) is 13.0 Å². The molecule has 5 nitrogen and oxygen atoms in total. The highest BCUT2D eigenvalue weighted by Gasteiger charge is 2.34. The molecule has 0 bridgehead atoms. The molecule has 0 aromatic heterocycles. The molecule has 0 aliphatic carbocycles. The van der Waals surface area contributed by atoms with Crippen molar-refractivity contribution in [2.75, 3.05) is 6.54 Å². The van der Waals surface area contributed by atoms with Gasteiger partial charge in [-0.3, -0.25) is 4.79 Å². The average Bonchev–Trinajstić information content (AvgIpc) is 2.46. The molecule has 1 fully saturated rings. The summed E-state index contributed by atoms with van der Waals surface area (Å²) in [5.41, 5.74) is 0. The summed E-state index contributed by atoms with van der Waals surface area (Å²) in [6.07, 6.45) is 1.17. The molecule has 21 heavy (non-hydrogen) atoms. The number of rotatable bonds is 4. The van der Waals surface area contributed by atoms with Crippen LogP contribution in [-0.2, 0) is 9.59 Å². The second kappa shape index (κ2) is 6.56. The summed E-state index contributed by atoms with van der Waals surface area (Å²) in [6.45, 7) is 1.95. The van der Waals surface area contributed by atoms with Gasteiger partial charge in [0.15, 0.2) is 6.10 Å². The number of hydrogen-bond donors (Lipinski definition) is 1. The summed E-state index contributed by atoms with van der Waals surface area (Å²) in [4.78, 5) is 24.9. The molecule has 1 aromatic rings. The third-order valence-electron chi connectivity index (χ3n) is 3.53. The van der Waals surface area contributed by atoms with Crippen molar-refractivity contribution in [3.8, 4) is 5.75 Å². The second-order valence-corrected chi connectivity index (χ2v) is 5.10. The van der Waals surface area contributed by atoms with E-state index in [1.807, 2.05) is 0 Å². The van der Waals surface area contributed by atoms with E-state index in [2.05, 4.69) is 0 Å². The first-order valence-corrected chi connectivity index (χ1v) is 6.94. The maximum Gasteiger partial charge on any atom is 0.326 e. The minimum atomic E-state index is -0.999. The number of ether oxygens (including phenoxy) is 1. The summed E-state index contributed by atoms with van der Waals surface area (Å²) >= 11 is 0. The van der Waals surface area contributed by atoms with E-state index in [1.165, 1.54) is 23.1 Å². The van der Waals surface area contributed by atoms with Crippen molar-refractivity contribution in [3.05, 3.63) is 30.1 Å². The van der Waals surface area contributed by atoms with Gasteiger partial charge in [0.1, 0.15) is 17.6 Å². The number of carboxylic acid groups (broad SMARTS) is 1. The van der Waals surface area contributed by atoms with Crippen LogP contribution in [0.2, 0.25) is 0 Å². The van der Waals surface area contributed by atoms with E-state index in [9.17, 15) is 19.1 Å². The predicted octanol–water partition coefficient (Wildman–Crippen LogP) is 2.06. The molecule has 1 aromatic carbocycles. The van der Waals surface area contributed by atoms with Crippen molar-refractivity contribution in [2.45, 2.75) is 38.3 Å². The number of halogens is 1. The van der Waals surface area contributed by atoms with Crippen LogP contribution in [-0.4, -0.2) is 40.6 Å². The maximum atomic E-state index is 13.1. The number of benzene rings is 1. The Balaban J connectivity index is 2.05. The molecular weight excluding hydrogens is 277 g/mol. The second-order valence-electron chi connectivity index (χ2n) is 5.10. The summed E-state index contributed by atoms with van der Waals surface area (Å²) in [5.74, 6) is -1.58. The normalized spacial score (nSPS) is 19.9. The fourth-order valence-corrected chi connectivity index (χ4v) is 2.48. The Labute approximate surface area is 122 Å². The lowest BCUT2D eigenvalue weighted by Gasteiger charge is -2.34. The smallest absolute Gasteiger partial charge is 0.326 e. The molecule has 1 saturated heterocycles. The zero-order chi connectivity index (χ0) is 15.4. The standard InChI is InChI=1S/C15H18FNO4/c1-10(21-12-6-4-5-11(16)9-12)14(18)17-8-3-2-7-13(17)15(19)20/h4-6,9-10,13H,2-3,7-8H2,1H3,(H,19,20)/t10-,13-/m1/s1. The van der Waals surface area contributed by atoms with Crippen LogP contribution < -0.4 is 4.74 Å². The van der Waals surface area contributed by atoms with Gasteiger partial charge in [0.25, 0.3) is 5.91 Å². The van der Waals surface area contributed by atoms with Gasteiger partial charge in [-0.15, -0.1) is 0 Å². The Kier molecular flexibility index (Phi) is 4.77. The first-order valence-electron chi connectivity index (χ1n) is 6.94. The zero-order valence-electron chi connectivity index (χ0n) is 11.8. The van der Waals surface area contributed by atoms with Crippen molar-refractivity contribution < 1.29 is 23.8 Å². The number of carboxylic acids is 1. The number of likely N-dealkylation sites (tertiary alicyclic amines) is 1. The molecule has 6 heteroatoms. The van der Waals surface area contributed by atoms with E-state index >= 15 is 0 Å². The van der Waals surface area contributed by atoms with Crippen LogP contribution >= 0.6 is 0 Å². The summed E-state index contributed by atoms with van der Waals surface area (Å²) < 4.78 is 18.5. The van der Waals surface area contributed by atoms with Gasteiger partial charge in [-0.2, -0.15) is 0 Å². The monoisotopic (exact) mass is 295 g/mol. The van der Waals surface area contributed by atoms with Crippen molar-refractivity contribution in [2.24, 2.45) is 0 Å². The first-order chi connectivity index (χ1) is 9.99. The van der Waals surface area contributed by atoms with Gasteiger partial charge in [-0.1, -0.05) is 6.07 Å². The fraction of sp³-hybridized carbons (Fsp3) is 0.467. The Morgan fingerprint density at radius 2 is 2.19 bits per heavy atom. The van der Waals surface area contributed by atoms with Gasteiger partial charge < -0.3 is 14.7 Å². The van der Waals surface area contributed by atoms with Crippen LogP contribution in [0, 0.1) is 5.82 Å². The van der Waals surface area contributed by atoms with Gasteiger partial charge in [0, 0.05) is 12.6 Å². The maximum absolute atomic E-state index is 13.1. The third kappa shape index (κ3) is 3.71. The lowest BCUT2D eigenvalue weighted by molar-refractivity contribution is -0.155. The van der Waals surface area contributed by atoms with Crippen LogP contribution in [0.5, 0.6) is 5.75 Å². The number of aliphatic carboxylic acids is 1. The highest BCUT2D eigenvalue weighted by Crippen LogP contribution is 2.20. The van der Waals surface area contributed by atoms with Gasteiger partial charge in [0.2, 0.25) is 0 Å². The molecule has 1 N–H and O–H groups in total. The molecule has 0 unspecified atom stereocenters. The lowest BCUT2D eigenvalue weighted by atomic mass is 10.0. The number of piperidine rings is 1. The minimum absolute atomic E-state index is 0.250. The Morgan fingerprint density at radius 3 is 2.86 bits per heavy atom. The number of hydrogen-bond acceptors (Lipinski definition) is 3. The third-order valence-corrected chi connectivity index (χ3v) is 3.53. The fourth-order valence-electron chi connectivity index (χ4n) is 2.48. The Hall–Kier alpha value is -2.11. The molecule has 1 aliphatic heterocycles. The summed E-state index contributed by atoms with van der Waals surface area (Å²) in [5, 5.41) is 9.18. The Morgan fingerprint density at radius 1 is 1.43 bits per heavy atom. The Bertz CT molecular complexity index is 534. The van der Waals surface area contributed by atoms with Crippen molar-refractivity contribution in [3.63, 3.8) is 0 Å². The van der Waals surface area contributed by atoms with Crippen LogP contribution in [0.1, 0.15) is 26.2 Å². The molecule has 0 saturated carbocycles. The lowest BCUT2D eigenvalue weighted by Crippen LogP contribution is -2.52. The number of nitrogens with zero attached hydrogens (tertiary/aromatic N) is 1. The van der Waals surface area contributed by atoms with Crippen LogP contribution in [0.25, 0.3) is 0 Å². The highest BCUT2D eigenvalue weighted by molar-refractivity contribution is 5.86. The van der Waals surface area contributed by atoms with Crippen LogP contribution in [0.15, 0.2) is 24.3 Å². The van der Waals surface area contributed by atoms with E-state index in [0.717, 1.165) is 12.8 Å². The van der Waals surface area contributed by atoms with Crippen molar-refractivity contribution in [1.29, 1.82) is 0 Å². The quantitative estimate of drug-likeness (QED) is 0.923. The molecule has 0 spiro atoms.